The molecule has 1 atom stereocenters. The van der Waals surface area contributed by atoms with E-state index in [1.54, 1.807) is 14.0 Å². The molecule has 0 aromatic carbocycles. The molecule has 1 heterocycles. The van der Waals surface area contributed by atoms with Crippen LogP contribution in [-0.2, 0) is 14.3 Å². The Labute approximate surface area is 104 Å². The highest BCUT2D eigenvalue weighted by atomic mass is 16.5. The van der Waals surface area contributed by atoms with Crippen molar-refractivity contribution in [1.82, 2.24) is 4.90 Å². The molecule has 1 saturated heterocycles. The molecule has 1 fully saturated rings. The van der Waals surface area contributed by atoms with Crippen molar-refractivity contribution in [3.05, 3.63) is 11.6 Å². The predicted molar refractivity (Wildman–Crippen MR) is 66.8 cm³/mol. The van der Waals surface area contributed by atoms with Crippen molar-refractivity contribution >= 4 is 5.97 Å². The SMILES string of the molecule is COCC1CCCN(CC=C(C)C(=O)OC)C1. The van der Waals surface area contributed by atoms with E-state index in [0.29, 0.717) is 11.5 Å². The number of hydrogen-bond donors (Lipinski definition) is 0. The Balaban J connectivity index is 2.38. The lowest BCUT2D eigenvalue weighted by Crippen LogP contribution is -2.37. The van der Waals surface area contributed by atoms with Crippen molar-refractivity contribution < 1.29 is 14.3 Å². The van der Waals surface area contributed by atoms with Crippen molar-refractivity contribution in [2.75, 3.05) is 40.5 Å². The Morgan fingerprint density at radius 2 is 2.24 bits per heavy atom. The average Bonchev–Trinajstić information content (AvgIpc) is 2.36. The van der Waals surface area contributed by atoms with Gasteiger partial charge in [-0.3, -0.25) is 4.90 Å². The lowest BCUT2D eigenvalue weighted by atomic mass is 9.99. The highest BCUT2D eigenvalue weighted by molar-refractivity contribution is 5.87. The largest absolute Gasteiger partial charge is 0.466 e. The molecule has 0 amide bonds. The molecule has 17 heavy (non-hydrogen) atoms. The van der Waals surface area contributed by atoms with E-state index in [1.165, 1.54) is 20.0 Å². The van der Waals surface area contributed by atoms with Gasteiger partial charge in [0.25, 0.3) is 0 Å². The standard InChI is InChI=1S/C13H23NO3/c1-11(13(15)17-3)6-8-14-7-4-5-12(9-14)10-16-2/h6,12H,4-5,7-10H2,1-3H3. The van der Waals surface area contributed by atoms with Gasteiger partial charge in [0.1, 0.15) is 0 Å². The van der Waals surface area contributed by atoms with Crippen LogP contribution in [0.15, 0.2) is 11.6 Å². The predicted octanol–water partition coefficient (Wildman–Crippen LogP) is 1.46. The first-order valence-electron chi connectivity index (χ1n) is 6.13. The summed E-state index contributed by atoms with van der Waals surface area (Å²) in [6.07, 6.45) is 4.39. The van der Waals surface area contributed by atoms with Crippen LogP contribution < -0.4 is 0 Å². The Hall–Kier alpha value is -0.870. The topological polar surface area (TPSA) is 38.8 Å². The van der Waals surface area contributed by atoms with Gasteiger partial charge in [-0.2, -0.15) is 0 Å². The molecule has 0 aliphatic carbocycles. The number of rotatable bonds is 5. The number of ether oxygens (including phenoxy) is 2. The molecule has 0 spiro atoms. The third-order valence-corrected chi connectivity index (χ3v) is 3.17. The molecular weight excluding hydrogens is 218 g/mol. The zero-order valence-corrected chi connectivity index (χ0v) is 11.1. The van der Waals surface area contributed by atoms with Crippen molar-refractivity contribution in [2.24, 2.45) is 5.92 Å². The monoisotopic (exact) mass is 241 g/mol. The maximum Gasteiger partial charge on any atom is 0.333 e. The minimum absolute atomic E-state index is 0.240. The van der Waals surface area contributed by atoms with Gasteiger partial charge in [-0.15, -0.1) is 0 Å². The van der Waals surface area contributed by atoms with Crippen LogP contribution in [0.5, 0.6) is 0 Å². The second kappa shape index (κ2) is 7.45. The summed E-state index contributed by atoms with van der Waals surface area (Å²) in [5.41, 5.74) is 0.682. The Morgan fingerprint density at radius 1 is 1.47 bits per heavy atom. The van der Waals surface area contributed by atoms with Gasteiger partial charge in [-0.05, 0) is 32.2 Å². The van der Waals surface area contributed by atoms with E-state index < -0.39 is 0 Å². The maximum absolute atomic E-state index is 11.2. The highest BCUT2D eigenvalue weighted by Gasteiger charge is 2.18. The molecule has 4 nitrogen and oxygen atoms in total. The van der Waals surface area contributed by atoms with Gasteiger partial charge >= 0.3 is 5.97 Å². The molecule has 0 bridgehead atoms. The second-order valence-electron chi connectivity index (χ2n) is 4.60. The lowest BCUT2D eigenvalue weighted by Gasteiger charge is -2.31. The quantitative estimate of drug-likeness (QED) is 0.539. The zero-order chi connectivity index (χ0) is 12.7. The fourth-order valence-electron chi connectivity index (χ4n) is 2.20. The van der Waals surface area contributed by atoms with E-state index in [1.807, 2.05) is 6.08 Å². The molecule has 1 aliphatic heterocycles. The normalized spacial score (nSPS) is 22.5. The number of methoxy groups -OCH3 is 2. The zero-order valence-electron chi connectivity index (χ0n) is 11.1. The highest BCUT2D eigenvalue weighted by Crippen LogP contribution is 2.16. The Kier molecular flexibility index (Phi) is 6.22. The number of likely N-dealkylation sites (tertiary alicyclic amines) is 1. The van der Waals surface area contributed by atoms with Gasteiger partial charge < -0.3 is 9.47 Å². The number of hydrogen-bond acceptors (Lipinski definition) is 4. The third kappa shape index (κ3) is 4.88. The maximum atomic E-state index is 11.2. The minimum atomic E-state index is -0.240. The van der Waals surface area contributed by atoms with E-state index in [4.69, 9.17) is 4.74 Å². The van der Waals surface area contributed by atoms with Crippen LogP contribution in [-0.4, -0.2) is 51.3 Å². The molecule has 0 saturated carbocycles. The van der Waals surface area contributed by atoms with E-state index >= 15 is 0 Å². The summed E-state index contributed by atoms with van der Waals surface area (Å²) in [6.45, 7) is 5.60. The molecule has 1 aliphatic rings. The van der Waals surface area contributed by atoms with E-state index in [0.717, 1.165) is 26.2 Å². The van der Waals surface area contributed by atoms with Crippen molar-refractivity contribution in [3.63, 3.8) is 0 Å². The first-order chi connectivity index (χ1) is 8.17. The van der Waals surface area contributed by atoms with Crippen molar-refractivity contribution in [3.8, 4) is 0 Å². The number of nitrogens with zero attached hydrogens (tertiary/aromatic N) is 1. The van der Waals surface area contributed by atoms with Crippen LogP contribution >= 0.6 is 0 Å². The van der Waals surface area contributed by atoms with E-state index in [-0.39, 0.29) is 5.97 Å². The molecular formula is C13H23NO3. The Morgan fingerprint density at radius 3 is 2.88 bits per heavy atom. The second-order valence-corrected chi connectivity index (χ2v) is 4.60. The van der Waals surface area contributed by atoms with E-state index in [2.05, 4.69) is 9.64 Å². The number of carbonyl (C=O) groups is 1. The molecule has 4 heteroatoms. The molecule has 1 unspecified atom stereocenters. The van der Waals surface area contributed by atoms with Crippen LogP contribution in [0.2, 0.25) is 0 Å². The number of carbonyl (C=O) groups excluding carboxylic acids is 1. The molecule has 0 radical (unpaired) electrons. The van der Waals surface area contributed by atoms with Gasteiger partial charge in [-0.1, -0.05) is 6.08 Å². The molecule has 0 aromatic heterocycles. The fourth-order valence-corrected chi connectivity index (χ4v) is 2.20. The van der Waals surface area contributed by atoms with Crippen LogP contribution in [0.4, 0.5) is 0 Å². The number of piperidine rings is 1. The van der Waals surface area contributed by atoms with Gasteiger partial charge in [0.15, 0.2) is 0 Å². The summed E-state index contributed by atoms with van der Waals surface area (Å²) >= 11 is 0. The molecule has 98 valence electrons. The Bertz CT molecular complexity index is 274. The van der Waals surface area contributed by atoms with Gasteiger partial charge in [-0.25, -0.2) is 4.79 Å². The summed E-state index contributed by atoms with van der Waals surface area (Å²) in [4.78, 5) is 13.6. The van der Waals surface area contributed by atoms with Crippen molar-refractivity contribution in [2.45, 2.75) is 19.8 Å². The summed E-state index contributed by atoms with van der Waals surface area (Å²) in [5.74, 6) is 0.385. The minimum Gasteiger partial charge on any atom is -0.466 e. The van der Waals surface area contributed by atoms with Crippen LogP contribution in [0, 0.1) is 5.92 Å². The van der Waals surface area contributed by atoms with Crippen molar-refractivity contribution in [1.29, 1.82) is 0 Å². The molecule has 0 aromatic rings. The summed E-state index contributed by atoms with van der Waals surface area (Å²) in [5, 5.41) is 0. The number of esters is 1. The summed E-state index contributed by atoms with van der Waals surface area (Å²) in [7, 11) is 3.16. The van der Waals surface area contributed by atoms with Gasteiger partial charge in [0.2, 0.25) is 0 Å². The first-order valence-corrected chi connectivity index (χ1v) is 6.13. The fraction of sp³-hybridized carbons (Fsp3) is 0.769. The van der Waals surface area contributed by atoms with Crippen LogP contribution in [0.3, 0.4) is 0 Å². The molecule has 0 N–H and O–H groups in total. The third-order valence-electron chi connectivity index (χ3n) is 3.17. The first kappa shape index (κ1) is 14.2. The smallest absolute Gasteiger partial charge is 0.333 e. The van der Waals surface area contributed by atoms with Crippen LogP contribution in [0.25, 0.3) is 0 Å². The van der Waals surface area contributed by atoms with Gasteiger partial charge in [0, 0.05) is 25.8 Å². The van der Waals surface area contributed by atoms with Crippen LogP contribution in [0.1, 0.15) is 19.8 Å². The lowest BCUT2D eigenvalue weighted by molar-refractivity contribution is -0.136. The van der Waals surface area contributed by atoms with Gasteiger partial charge in [0.05, 0.1) is 13.7 Å². The molecule has 1 rings (SSSR count). The summed E-state index contributed by atoms with van der Waals surface area (Å²) < 4.78 is 9.86. The summed E-state index contributed by atoms with van der Waals surface area (Å²) in [6, 6.07) is 0. The average molecular weight is 241 g/mol. The van der Waals surface area contributed by atoms with E-state index in [9.17, 15) is 4.79 Å².